The molecule has 0 amide bonds. The third-order valence-electron chi connectivity index (χ3n) is 8.86. The lowest BCUT2D eigenvalue weighted by atomic mass is 9.88. The number of nitrogens with zero attached hydrogens (tertiary/aromatic N) is 1. The summed E-state index contributed by atoms with van der Waals surface area (Å²) >= 11 is 0. The molecule has 0 saturated carbocycles. The number of aliphatic hydroxyl groups excluding tert-OH is 1. The molecule has 2 fully saturated rings. The number of ether oxygens (including phenoxy) is 3. The first-order valence-corrected chi connectivity index (χ1v) is 19.2. The van der Waals surface area contributed by atoms with Gasteiger partial charge in [-0.2, -0.15) is 4.31 Å². The summed E-state index contributed by atoms with van der Waals surface area (Å²) in [5.74, 6) is 0.707. The Labute approximate surface area is 278 Å². The molecule has 3 aromatic rings. The van der Waals surface area contributed by atoms with Crippen LogP contribution in [0, 0.1) is 0 Å². The highest BCUT2D eigenvalue weighted by Crippen LogP contribution is 2.39. The molecular formula is C34H45N3O8S2. The number of piperidine rings is 1. The maximum Gasteiger partial charge on any atom is 0.246 e. The van der Waals surface area contributed by atoms with E-state index in [0.717, 1.165) is 16.7 Å². The van der Waals surface area contributed by atoms with Gasteiger partial charge in [-0.25, -0.2) is 16.8 Å². The first-order valence-electron chi connectivity index (χ1n) is 16.1. The molecule has 4 N–H and O–H groups in total. The lowest BCUT2D eigenvalue weighted by Crippen LogP contribution is -2.47. The largest absolute Gasteiger partial charge is 0.492 e. The summed E-state index contributed by atoms with van der Waals surface area (Å²) in [6.45, 7) is 5.55. The minimum atomic E-state index is -3.84. The highest BCUT2D eigenvalue weighted by molar-refractivity contribution is 7.91. The number of aliphatic hydroxyl groups is 1. The summed E-state index contributed by atoms with van der Waals surface area (Å²) in [5.41, 5.74) is 7.97. The molecule has 0 radical (unpaired) electrons. The van der Waals surface area contributed by atoms with Crippen molar-refractivity contribution in [2.75, 3.05) is 45.2 Å². The average molecular weight is 688 g/mol. The Morgan fingerprint density at radius 1 is 1.00 bits per heavy atom. The Kier molecular flexibility index (Phi) is 11.3. The highest BCUT2D eigenvalue weighted by Gasteiger charge is 2.45. The summed E-state index contributed by atoms with van der Waals surface area (Å²) in [5, 5.41) is 13.9. The maximum atomic E-state index is 14.0. The molecule has 5 rings (SSSR count). The van der Waals surface area contributed by atoms with E-state index in [1.165, 1.54) is 16.4 Å². The van der Waals surface area contributed by atoms with Gasteiger partial charge in [-0.3, -0.25) is 0 Å². The van der Waals surface area contributed by atoms with Gasteiger partial charge in [-0.1, -0.05) is 43.3 Å². The fourth-order valence-corrected chi connectivity index (χ4v) is 8.59. The lowest BCUT2D eigenvalue weighted by molar-refractivity contribution is -0.0312. The van der Waals surface area contributed by atoms with Crippen molar-refractivity contribution in [1.82, 2.24) is 9.62 Å². The van der Waals surface area contributed by atoms with Crippen molar-refractivity contribution in [1.29, 1.82) is 0 Å². The Hall–Kier alpha value is -3.04. The number of hydrogen-bond acceptors (Lipinski definition) is 10. The van der Waals surface area contributed by atoms with Crippen LogP contribution < -0.4 is 20.5 Å². The first kappa shape index (κ1) is 35.3. The van der Waals surface area contributed by atoms with Gasteiger partial charge in [0.25, 0.3) is 0 Å². The van der Waals surface area contributed by atoms with Gasteiger partial charge in [0.2, 0.25) is 10.0 Å². The van der Waals surface area contributed by atoms with Crippen LogP contribution in [-0.2, 0) is 31.1 Å². The van der Waals surface area contributed by atoms with E-state index < -0.39 is 31.6 Å². The summed E-state index contributed by atoms with van der Waals surface area (Å²) in [4.78, 5) is 0.340. The smallest absolute Gasteiger partial charge is 0.246 e. The number of sulfone groups is 1. The summed E-state index contributed by atoms with van der Waals surface area (Å²) in [7, 11) is -7.20. The first-order chi connectivity index (χ1) is 22.5. The molecule has 2 aliphatic heterocycles. The average Bonchev–Trinajstić information content (AvgIpc) is 3.48. The third kappa shape index (κ3) is 8.34. The van der Waals surface area contributed by atoms with Crippen LogP contribution in [0.1, 0.15) is 38.7 Å². The van der Waals surface area contributed by atoms with Crippen molar-refractivity contribution >= 4 is 19.9 Å². The topological polar surface area (TPSA) is 157 Å². The Bertz CT molecular complexity index is 1720. The zero-order valence-electron chi connectivity index (χ0n) is 26.9. The molecule has 0 aliphatic carbocycles. The van der Waals surface area contributed by atoms with Crippen LogP contribution in [-0.4, -0.2) is 89.2 Å². The molecule has 256 valence electrons. The van der Waals surface area contributed by atoms with E-state index in [0.29, 0.717) is 63.6 Å². The minimum Gasteiger partial charge on any atom is -0.492 e. The van der Waals surface area contributed by atoms with Crippen molar-refractivity contribution in [2.24, 2.45) is 5.73 Å². The fraction of sp³-hybridized carbons (Fsp3) is 0.471. The highest BCUT2D eigenvalue weighted by atomic mass is 32.2. The zero-order chi connectivity index (χ0) is 33.7. The van der Waals surface area contributed by atoms with Crippen LogP contribution in [0.4, 0.5) is 0 Å². The second-order valence-electron chi connectivity index (χ2n) is 12.0. The number of sulfonamides is 1. The van der Waals surface area contributed by atoms with Gasteiger partial charge in [0.05, 0.1) is 29.5 Å². The summed E-state index contributed by atoms with van der Waals surface area (Å²) in [6.07, 6.45) is 0.984. The molecule has 2 atom stereocenters. The van der Waals surface area contributed by atoms with Crippen molar-refractivity contribution in [3.8, 4) is 22.6 Å². The zero-order valence-corrected chi connectivity index (χ0v) is 28.6. The second-order valence-corrected chi connectivity index (χ2v) is 16.2. The summed E-state index contributed by atoms with van der Waals surface area (Å²) < 4.78 is 71.4. The normalized spacial score (nSPS) is 19.1. The standard InChI is InChI=1S/C34H45N3O8S2/c1-3-43-32-13-12-27(26-10-8-25(21-35)9-11-26)18-33(32)47(41,42)37-16-14-34(15-17-37)20-28(23-45-34)36-22-29(38)24-44-30-6-5-7-31(19-30)46(39,40)4-2/h5-13,18-19,28-29,36,38H,3-4,14-17,20-24,35H2,1-2H3/t28-,29?/m0/s1. The van der Waals surface area contributed by atoms with E-state index >= 15 is 0 Å². The van der Waals surface area contributed by atoms with Crippen LogP contribution in [0.25, 0.3) is 11.1 Å². The monoisotopic (exact) mass is 687 g/mol. The van der Waals surface area contributed by atoms with Crippen LogP contribution in [0.3, 0.4) is 0 Å². The predicted molar refractivity (Wildman–Crippen MR) is 180 cm³/mol. The molecule has 13 heteroatoms. The van der Waals surface area contributed by atoms with Gasteiger partial charge < -0.3 is 30.4 Å². The SMILES string of the molecule is CCOc1ccc(-c2ccc(CN)cc2)cc1S(=O)(=O)N1CCC2(CC1)C[C@H](NCC(O)COc1cccc(S(=O)(=O)CC)c1)CO2. The molecule has 11 nitrogen and oxygen atoms in total. The lowest BCUT2D eigenvalue weighted by Gasteiger charge is -2.38. The number of benzene rings is 3. The van der Waals surface area contributed by atoms with Gasteiger partial charge in [-0.15, -0.1) is 0 Å². The molecule has 47 heavy (non-hydrogen) atoms. The van der Waals surface area contributed by atoms with E-state index in [1.54, 1.807) is 31.2 Å². The molecule has 2 aliphatic rings. The summed E-state index contributed by atoms with van der Waals surface area (Å²) in [6, 6.07) is 19.3. The molecule has 1 unspecified atom stereocenters. The van der Waals surface area contributed by atoms with Crippen molar-refractivity contribution in [2.45, 2.75) is 67.2 Å². The Morgan fingerprint density at radius 2 is 1.72 bits per heavy atom. The van der Waals surface area contributed by atoms with Crippen LogP contribution in [0.5, 0.6) is 11.5 Å². The molecule has 0 aromatic heterocycles. The minimum absolute atomic E-state index is 0.00188. The Balaban J connectivity index is 1.15. The molecule has 0 bridgehead atoms. The van der Waals surface area contributed by atoms with E-state index in [1.807, 2.05) is 37.3 Å². The molecule has 2 heterocycles. The Morgan fingerprint density at radius 3 is 2.40 bits per heavy atom. The van der Waals surface area contributed by atoms with E-state index in [2.05, 4.69) is 5.32 Å². The molecule has 2 saturated heterocycles. The van der Waals surface area contributed by atoms with Crippen molar-refractivity contribution in [3.63, 3.8) is 0 Å². The molecular weight excluding hydrogens is 643 g/mol. The van der Waals surface area contributed by atoms with Crippen molar-refractivity contribution < 1.29 is 36.2 Å². The van der Waals surface area contributed by atoms with E-state index in [-0.39, 0.29) is 34.7 Å². The van der Waals surface area contributed by atoms with Crippen LogP contribution >= 0.6 is 0 Å². The third-order valence-corrected chi connectivity index (χ3v) is 12.5. The molecule has 1 spiro atoms. The van der Waals surface area contributed by atoms with Gasteiger partial charge in [0.15, 0.2) is 9.84 Å². The van der Waals surface area contributed by atoms with Gasteiger partial charge in [-0.05, 0) is 73.2 Å². The van der Waals surface area contributed by atoms with E-state index in [4.69, 9.17) is 19.9 Å². The number of nitrogens with one attached hydrogen (secondary N) is 1. The maximum absolute atomic E-state index is 14.0. The van der Waals surface area contributed by atoms with Crippen LogP contribution in [0.15, 0.2) is 76.5 Å². The van der Waals surface area contributed by atoms with Crippen LogP contribution in [0.2, 0.25) is 0 Å². The molecule has 3 aromatic carbocycles. The quantitative estimate of drug-likeness (QED) is 0.230. The van der Waals surface area contributed by atoms with Gasteiger partial charge in [0.1, 0.15) is 29.1 Å². The fourth-order valence-electron chi connectivity index (χ4n) is 6.07. The number of nitrogens with two attached hydrogens (primary N) is 1. The van der Waals surface area contributed by atoms with Gasteiger partial charge in [0, 0.05) is 32.2 Å². The van der Waals surface area contributed by atoms with Gasteiger partial charge >= 0.3 is 0 Å². The van der Waals surface area contributed by atoms with E-state index in [9.17, 15) is 21.9 Å². The predicted octanol–water partition coefficient (Wildman–Crippen LogP) is 3.35. The number of hydrogen-bond donors (Lipinski definition) is 3. The number of rotatable bonds is 14. The van der Waals surface area contributed by atoms with Crippen molar-refractivity contribution in [3.05, 3.63) is 72.3 Å². The second kappa shape index (κ2) is 15.0.